The molecule has 0 saturated heterocycles. The summed E-state index contributed by atoms with van der Waals surface area (Å²) >= 11 is 0. The number of hydrogen-bond acceptors (Lipinski definition) is 2. The number of methoxy groups -OCH3 is 1. The van der Waals surface area contributed by atoms with Crippen molar-refractivity contribution in [3.63, 3.8) is 0 Å². The summed E-state index contributed by atoms with van der Waals surface area (Å²) in [4.78, 5) is 0. The van der Waals surface area contributed by atoms with Gasteiger partial charge in [-0.25, -0.2) is 0 Å². The van der Waals surface area contributed by atoms with E-state index >= 15 is 0 Å². The van der Waals surface area contributed by atoms with Gasteiger partial charge in [-0.1, -0.05) is 49.5 Å². The van der Waals surface area contributed by atoms with Crippen LogP contribution in [0.15, 0.2) is 48.6 Å². The van der Waals surface area contributed by atoms with Gasteiger partial charge in [-0.3, -0.25) is 0 Å². The van der Waals surface area contributed by atoms with Gasteiger partial charge >= 0.3 is 22.6 Å². The molecule has 2 atom stereocenters. The van der Waals surface area contributed by atoms with Crippen molar-refractivity contribution in [2.24, 2.45) is 11.8 Å². The van der Waals surface area contributed by atoms with Crippen LogP contribution in [-0.2, 0) is 30.8 Å². The summed E-state index contributed by atoms with van der Waals surface area (Å²) in [6.07, 6.45) is 13.4. The monoisotopic (exact) mass is 441 g/mol. The standard InChI is InChI=1S/C11H17O2Si.C9H12.2CO.Fe/c1-12-11-7-5-10(6-8-11)9-13-14(2,3)4;1-2-5-9-7-3-6-8(9)4-1;2*1-2;/h5-9H,1-4H3;1-2,4-5,8-9H,3,6-7H2;;;/q-1;;;;. The SMILES string of the molecule is C1=CC2CCCC2C=C1.COc1ccc([CH-]O[Si](C)(C)C)cc1.[C-]#[O+].[C-]#[O+].[Fe]. The van der Waals surface area contributed by atoms with Crippen molar-refractivity contribution < 1.29 is 35.5 Å². The summed E-state index contributed by atoms with van der Waals surface area (Å²) in [5, 5.41) is 0. The smallest absolute Gasteiger partial charge is 0 e. The molecule has 4 nitrogen and oxygen atoms in total. The van der Waals surface area contributed by atoms with Crippen molar-refractivity contribution in [1.82, 2.24) is 0 Å². The van der Waals surface area contributed by atoms with E-state index in [9.17, 15) is 0 Å². The quantitative estimate of drug-likeness (QED) is 0.352. The summed E-state index contributed by atoms with van der Waals surface area (Å²) in [6, 6.07) is 7.83. The topological polar surface area (TPSA) is 58.3 Å². The van der Waals surface area contributed by atoms with Crippen molar-refractivity contribution in [1.29, 1.82) is 0 Å². The molecule has 0 heterocycles. The van der Waals surface area contributed by atoms with Gasteiger partial charge in [0.25, 0.3) is 0 Å². The van der Waals surface area contributed by atoms with E-state index in [-0.39, 0.29) is 17.1 Å². The molecule has 1 aromatic rings. The second-order valence-corrected chi connectivity index (χ2v) is 11.6. The molecule has 0 bridgehead atoms. The Morgan fingerprint density at radius 2 is 1.39 bits per heavy atom. The van der Waals surface area contributed by atoms with Gasteiger partial charge in [-0.15, -0.1) is 0 Å². The molecule has 0 aliphatic heterocycles. The Bertz CT molecular complexity index is 591. The van der Waals surface area contributed by atoms with Crippen LogP contribution in [0.25, 0.3) is 0 Å². The molecule has 6 heteroatoms. The zero-order valence-corrected chi connectivity index (χ0v) is 19.1. The molecule has 28 heavy (non-hydrogen) atoms. The van der Waals surface area contributed by atoms with E-state index in [0.717, 1.165) is 23.1 Å². The summed E-state index contributed by atoms with van der Waals surface area (Å²) in [6.45, 7) is 17.3. The maximum atomic E-state index is 7.50. The van der Waals surface area contributed by atoms with Crippen molar-refractivity contribution in [2.45, 2.75) is 38.9 Å². The molecule has 2 aliphatic rings. The molecule has 2 unspecified atom stereocenters. The van der Waals surface area contributed by atoms with E-state index in [1.54, 1.807) is 7.11 Å². The fourth-order valence-corrected chi connectivity index (χ4v) is 3.33. The molecular weight excluding hydrogens is 412 g/mol. The van der Waals surface area contributed by atoms with Crippen LogP contribution in [0.2, 0.25) is 19.6 Å². The van der Waals surface area contributed by atoms with E-state index in [4.69, 9.17) is 18.5 Å². The molecule has 0 spiro atoms. The third-order valence-corrected chi connectivity index (χ3v) is 4.94. The van der Waals surface area contributed by atoms with Crippen molar-refractivity contribution in [3.05, 3.63) is 74.0 Å². The predicted octanol–water partition coefficient (Wildman–Crippen LogP) is 5.51. The van der Waals surface area contributed by atoms with Crippen LogP contribution in [0, 0.1) is 31.7 Å². The normalized spacial score (nSPS) is 18.3. The van der Waals surface area contributed by atoms with Crippen LogP contribution in [0.5, 0.6) is 5.75 Å². The number of rotatable bonds is 4. The summed E-state index contributed by atoms with van der Waals surface area (Å²) in [5.41, 5.74) is 1.08. The molecule has 0 radical (unpaired) electrons. The first kappa shape index (κ1) is 28.8. The summed E-state index contributed by atoms with van der Waals surface area (Å²) in [7, 11) is 0.215. The molecule has 154 valence electrons. The Morgan fingerprint density at radius 1 is 0.929 bits per heavy atom. The molecule has 1 saturated carbocycles. The maximum absolute atomic E-state index is 7.50. The zero-order valence-electron chi connectivity index (χ0n) is 17.0. The minimum atomic E-state index is -1.45. The molecule has 0 amide bonds. The van der Waals surface area contributed by atoms with Crippen LogP contribution < -0.4 is 4.74 Å². The molecule has 0 N–H and O–H groups in total. The number of hydrogen-bond donors (Lipinski definition) is 0. The summed E-state index contributed by atoms with van der Waals surface area (Å²) in [5.74, 6) is 2.67. The summed E-state index contributed by atoms with van der Waals surface area (Å²) < 4.78 is 25.7. The third kappa shape index (κ3) is 12.1. The Hall–Kier alpha value is -1.45. The van der Waals surface area contributed by atoms with Crippen LogP contribution in [0.3, 0.4) is 0 Å². The van der Waals surface area contributed by atoms with Gasteiger partial charge < -0.3 is 9.16 Å². The van der Waals surface area contributed by atoms with E-state index < -0.39 is 8.32 Å². The van der Waals surface area contributed by atoms with Crippen molar-refractivity contribution >= 4 is 8.32 Å². The van der Waals surface area contributed by atoms with E-state index in [1.165, 1.54) is 19.3 Å². The first-order valence-corrected chi connectivity index (χ1v) is 12.3. The molecule has 1 aromatic carbocycles. The van der Waals surface area contributed by atoms with Crippen LogP contribution in [-0.4, -0.2) is 15.4 Å². The third-order valence-electron chi connectivity index (χ3n) is 4.12. The molecule has 0 aromatic heterocycles. The van der Waals surface area contributed by atoms with Crippen molar-refractivity contribution in [2.75, 3.05) is 7.11 Å². The van der Waals surface area contributed by atoms with Crippen LogP contribution in [0.4, 0.5) is 0 Å². The van der Waals surface area contributed by atoms with Gasteiger partial charge in [-0.05, 0) is 44.3 Å². The second-order valence-electron chi connectivity index (χ2n) is 7.15. The van der Waals surface area contributed by atoms with Crippen LogP contribution in [0.1, 0.15) is 24.8 Å². The number of benzene rings is 1. The predicted molar refractivity (Wildman–Crippen MR) is 108 cm³/mol. The molecule has 3 rings (SSSR count). The fraction of sp³-hybridized carbons (Fsp3) is 0.409. The first-order valence-electron chi connectivity index (χ1n) is 8.89. The minimum absolute atomic E-state index is 0. The van der Waals surface area contributed by atoms with E-state index in [0.29, 0.717) is 0 Å². The average molecular weight is 441 g/mol. The number of ether oxygens (including phenoxy) is 1. The van der Waals surface area contributed by atoms with E-state index in [1.807, 2.05) is 30.9 Å². The number of allylic oxidation sites excluding steroid dienone is 4. The Morgan fingerprint density at radius 3 is 1.79 bits per heavy atom. The first-order chi connectivity index (χ1) is 13.0. The average Bonchev–Trinajstić information content (AvgIpc) is 3.19. The van der Waals surface area contributed by atoms with Crippen LogP contribution >= 0.6 is 0 Å². The van der Waals surface area contributed by atoms with Gasteiger partial charge in [0.15, 0.2) is 8.32 Å². The van der Waals surface area contributed by atoms with E-state index in [2.05, 4.69) is 57.2 Å². The zero-order chi connectivity index (χ0) is 20.7. The Labute approximate surface area is 181 Å². The van der Waals surface area contributed by atoms with Gasteiger partial charge in [-0.2, -0.15) is 17.7 Å². The molecule has 1 fully saturated rings. The van der Waals surface area contributed by atoms with Gasteiger partial charge in [0.2, 0.25) is 0 Å². The minimum Gasteiger partial charge on any atom is 0 e. The Kier molecular flexibility index (Phi) is 16.9. The number of fused-ring (bicyclic) bond motifs is 1. The van der Waals surface area contributed by atoms with Gasteiger partial charge in [0.1, 0.15) is 0 Å². The maximum Gasteiger partial charge on any atom is 0 e. The molecular formula is C22H29FeO4Si-. The largest absolute Gasteiger partial charge is 0 e. The second kappa shape index (κ2) is 16.5. The van der Waals surface area contributed by atoms with Gasteiger partial charge in [0, 0.05) is 17.1 Å². The van der Waals surface area contributed by atoms with Crippen molar-refractivity contribution in [3.8, 4) is 5.75 Å². The fourth-order valence-electron chi connectivity index (χ4n) is 2.84. The van der Waals surface area contributed by atoms with Gasteiger partial charge in [0.05, 0.1) is 12.9 Å². The molecule has 2 aliphatic carbocycles. The Balaban J connectivity index is 0.